The van der Waals surface area contributed by atoms with Crippen molar-refractivity contribution in [2.45, 2.75) is 79.3 Å². The lowest BCUT2D eigenvalue weighted by Gasteiger charge is -2.73. The topological polar surface area (TPSA) is 3.24 Å². The lowest BCUT2D eigenvalue weighted by atomic mass is 9.45. The summed E-state index contributed by atoms with van der Waals surface area (Å²) in [6.45, 7) is 16.8. The van der Waals surface area contributed by atoms with Gasteiger partial charge in [-0.1, -0.05) is 40.5 Å². The number of rotatable bonds is 3. The molecule has 0 saturated carbocycles. The smallest absolute Gasteiger partial charge is 0.0229 e. The van der Waals surface area contributed by atoms with Crippen molar-refractivity contribution in [1.82, 2.24) is 4.90 Å². The SMILES string of the molecule is CCCCC1(C(C)(C)C)C(C)N(C)C1(C)C. The zero-order chi connectivity index (χ0) is 12.8. The van der Waals surface area contributed by atoms with Crippen molar-refractivity contribution in [2.75, 3.05) is 7.05 Å². The molecule has 0 radical (unpaired) electrons. The Morgan fingerprint density at radius 2 is 1.69 bits per heavy atom. The summed E-state index contributed by atoms with van der Waals surface area (Å²) in [4.78, 5) is 2.55. The molecule has 0 aromatic carbocycles. The highest BCUT2D eigenvalue weighted by atomic mass is 15.3. The summed E-state index contributed by atoms with van der Waals surface area (Å²) in [5, 5.41) is 0. The third-order valence-corrected chi connectivity index (χ3v) is 5.53. The lowest BCUT2D eigenvalue weighted by Crippen LogP contribution is -2.79. The van der Waals surface area contributed by atoms with Gasteiger partial charge in [-0.15, -0.1) is 0 Å². The molecule has 2 atom stereocenters. The monoisotopic (exact) mass is 225 g/mol. The van der Waals surface area contributed by atoms with Crippen molar-refractivity contribution in [1.29, 1.82) is 0 Å². The molecule has 0 N–H and O–H groups in total. The fourth-order valence-corrected chi connectivity index (χ4v) is 4.46. The van der Waals surface area contributed by atoms with Gasteiger partial charge in [-0.05, 0) is 39.7 Å². The van der Waals surface area contributed by atoms with Crippen LogP contribution in [0.2, 0.25) is 0 Å². The second-order valence-electron chi connectivity index (χ2n) is 7.17. The van der Waals surface area contributed by atoms with Crippen LogP contribution in [-0.2, 0) is 0 Å². The Balaban J connectivity index is 3.06. The fraction of sp³-hybridized carbons (Fsp3) is 1.00. The first-order valence-electron chi connectivity index (χ1n) is 6.86. The molecule has 1 saturated heterocycles. The van der Waals surface area contributed by atoms with Crippen LogP contribution in [0.4, 0.5) is 0 Å². The molecule has 2 unspecified atom stereocenters. The zero-order valence-corrected chi connectivity index (χ0v) is 12.6. The first kappa shape index (κ1) is 14.0. The standard InChI is InChI=1S/C15H31N/c1-9-10-11-15(13(3,4)5)12(2)16(8)14(15,6)7/h12H,9-11H2,1-8H3. The minimum absolute atomic E-state index is 0.333. The average Bonchev–Trinajstić information content (AvgIpc) is 2.15. The van der Waals surface area contributed by atoms with Crippen LogP contribution in [0.1, 0.15) is 67.7 Å². The van der Waals surface area contributed by atoms with Gasteiger partial charge in [0.25, 0.3) is 0 Å². The third kappa shape index (κ3) is 1.54. The van der Waals surface area contributed by atoms with E-state index in [1.54, 1.807) is 0 Å². The normalized spacial score (nSPS) is 34.9. The number of nitrogens with zero attached hydrogens (tertiary/aromatic N) is 1. The van der Waals surface area contributed by atoms with Crippen molar-refractivity contribution in [3.8, 4) is 0 Å². The van der Waals surface area contributed by atoms with Crippen molar-refractivity contribution < 1.29 is 0 Å². The summed E-state index contributed by atoms with van der Waals surface area (Å²) < 4.78 is 0. The van der Waals surface area contributed by atoms with E-state index >= 15 is 0 Å². The van der Waals surface area contributed by atoms with E-state index in [1.807, 2.05) is 0 Å². The summed E-state index contributed by atoms with van der Waals surface area (Å²) in [7, 11) is 2.28. The number of hydrogen-bond donors (Lipinski definition) is 0. The summed E-state index contributed by atoms with van der Waals surface area (Å²) in [6, 6.07) is 0.703. The second-order valence-corrected chi connectivity index (χ2v) is 7.17. The van der Waals surface area contributed by atoms with Crippen LogP contribution in [0.3, 0.4) is 0 Å². The zero-order valence-electron chi connectivity index (χ0n) is 12.6. The molecule has 16 heavy (non-hydrogen) atoms. The van der Waals surface area contributed by atoms with Gasteiger partial charge in [0.1, 0.15) is 0 Å². The van der Waals surface area contributed by atoms with Crippen molar-refractivity contribution in [3.05, 3.63) is 0 Å². The Kier molecular flexibility index (Phi) is 3.52. The highest BCUT2D eigenvalue weighted by molar-refractivity contribution is 5.19. The highest BCUT2D eigenvalue weighted by Crippen LogP contribution is 2.63. The van der Waals surface area contributed by atoms with E-state index in [9.17, 15) is 0 Å². The van der Waals surface area contributed by atoms with E-state index < -0.39 is 0 Å². The van der Waals surface area contributed by atoms with E-state index in [2.05, 4.69) is 60.4 Å². The van der Waals surface area contributed by atoms with Crippen LogP contribution in [0, 0.1) is 10.8 Å². The molecule has 1 aliphatic rings. The predicted molar refractivity (Wildman–Crippen MR) is 72.7 cm³/mol. The minimum atomic E-state index is 0.333. The van der Waals surface area contributed by atoms with E-state index in [-0.39, 0.29) is 0 Å². The molecule has 0 bridgehead atoms. The second kappa shape index (κ2) is 4.01. The van der Waals surface area contributed by atoms with Crippen LogP contribution in [0.15, 0.2) is 0 Å². The molecule has 1 rings (SSSR count). The maximum atomic E-state index is 2.55. The first-order chi connectivity index (χ1) is 7.13. The molecule has 1 aliphatic heterocycles. The molecule has 96 valence electrons. The van der Waals surface area contributed by atoms with E-state index in [1.165, 1.54) is 19.3 Å². The summed E-state index contributed by atoms with van der Waals surface area (Å²) in [5.41, 5.74) is 1.18. The van der Waals surface area contributed by atoms with Gasteiger partial charge in [0.05, 0.1) is 0 Å². The van der Waals surface area contributed by atoms with Crippen molar-refractivity contribution in [2.24, 2.45) is 10.8 Å². The van der Waals surface area contributed by atoms with Crippen LogP contribution in [0.25, 0.3) is 0 Å². The molecular formula is C15H31N. The van der Waals surface area contributed by atoms with Gasteiger partial charge in [0.15, 0.2) is 0 Å². The van der Waals surface area contributed by atoms with Crippen molar-refractivity contribution in [3.63, 3.8) is 0 Å². The summed E-state index contributed by atoms with van der Waals surface area (Å²) >= 11 is 0. The summed E-state index contributed by atoms with van der Waals surface area (Å²) in [5.74, 6) is 0. The van der Waals surface area contributed by atoms with E-state index in [4.69, 9.17) is 0 Å². The Labute approximate surface area is 103 Å². The minimum Gasteiger partial charge on any atom is -0.297 e. The molecule has 0 aliphatic carbocycles. The Bertz CT molecular complexity index is 249. The summed E-state index contributed by atoms with van der Waals surface area (Å²) in [6.07, 6.45) is 4.04. The average molecular weight is 225 g/mol. The van der Waals surface area contributed by atoms with Gasteiger partial charge in [0.2, 0.25) is 0 Å². The molecule has 0 aromatic rings. The molecule has 0 amide bonds. The van der Waals surface area contributed by atoms with Crippen LogP contribution in [-0.4, -0.2) is 23.5 Å². The largest absolute Gasteiger partial charge is 0.297 e. The van der Waals surface area contributed by atoms with E-state index in [0.29, 0.717) is 22.4 Å². The number of likely N-dealkylation sites (tertiary alicyclic amines) is 1. The van der Waals surface area contributed by atoms with Gasteiger partial charge in [0, 0.05) is 17.0 Å². The van der Waals surface area contributed by atoms with Gasteiger partial charge < -0.3 is 0 Å². The van der Waals surface area contributed by atoms with Crippen LogP contribution < -0.4 is 0 Å². The van der Waals surface area contributed by atoms with Crippen molar-refractivity contribution >= 4 is 0 Å². The maximum Gasteiger partial charge on any atom is 0.0229 e. The Hall–Kier alpha value is -0.0400. The van der Waals surface area contributed by atoms with Gasteiger partial charge in [-0.3, -0.25) is 4.90 Å². The lowest BCUT2D eigenvalue weighted by molar-refractivity contribution is -0.232. The molecular weight excluding hydrogens is 194 g/mol. The van der Waals surface area contributed by atoms with Gasteiger partial charge >= 0.3 is 0 Å². The third-order valence-electron chi connectivity index (χ3n) is 5.53. The molecule has 1 heteroatoms. The Morgan fingerprint density at radius 1 is 1.19 bits per heavy atom. The van der Waals surface area contributed by atoms with E-state index in [0.717, 1.165) is 0 Å². The molecule has 1 fully saturated rings. The molecule has 0 spiro atoms. The van der Waals surface area contributed by atoms with Crippen LogP contribution in [0.5, 0.6) is 0 Å². The predicted octanol–water partition coefficient (Wildman–Crippen LogP) is 4.32. The molecule has 1 nitrogen and oxygen atoms in total. The van der Waals surface area contributed by atoms with Crippen LogP contribution >= 0.6 is 0 Å². The Morgan fingerprint density at radius 3 is 2.00 bits per heavy atom. The maximum absolute atomic E-state index is 2.55. The number of hydrogen-bond acceptors (Lipinski definition) is 1. The first-order valence-corrected chi connectivity index (χ1v) is 6.86. The number of unbranched alkanes of at least 4 members (excludes halogenated alkanes) is 1. The van der Waals surface area contributed by atoms with Gasteiger partial charge in [-0.25, -0.2) is 0 Å². The molecule has 1 heterocycles. The quantitative estimate of drug-likeness (QED) is 0.691. The molecule has 0 aromatic heterocycles. The highest BCUT2D eigenvalue weighted by Gasteiger charge is 2.66. The van der Waals surface area contributed by atoms with Gasteiger partial charge in [-0.2, -0.15) is 0 Å². The fourth-order valence-electron chi connectivity index (χ4n) is 4.46.